The highest BCUT2D eigenvalue weighted by atomic mass is 16.5. The van der Waals surface area contributed by atoms with Crippen molar-refractivity contribution in [3.8, 4) is 11.5 Å². The molecule has 5 nitrogen and oxygen atoms in total. The van der Waals surface area contributed by atoms with Crippen molar-refractivity contribution in [3.05, 3.63) is 89.5 Å². The Morgan fingerprint density at radius 3 is 2.21 bits per heavy atom. The number of nitrogens with zero attached hydrogens (tertiary/aromatic N) is 2. The summed E-state index contributed by atoms with van der Waals surface area (Å²) >= 11 is 0. The monoisotopic (exact) mass is 371 g/mol. The van der Waals surface area contributed by atoms with Crippen LogP contribution in [0.3, 0.4) is 0 Å². The predicted octanol–water partition coefficient (Wildman–Crippen LogP) is 4.53. The standard InChI is InChI=1S/C23H21N3O2/c1-3-28-19-14-8-16(9-15-19)22-20-6-4-5-7-21(20)24-23(26-25-22)17-10-12-18(27-2)13-11-17/h4-15H,3H2,1-2H3,(H,24,26). The van der Waals surface area contributed by atoms with Crippen molar-refractivity contribution in [3.63, 3.8) is 0 Å². The zero-order valence-electron chi connectivity index (χ0n) is 15.8. The van der Waals surface area contributed by atoms with E-state index in [4.69, 9.17) is 14.5 Å². The summed E-state index contributed by atoms with van der Waals surface area (Å²) in [5, 5.41) is 4.67. The molecular weight excluding hydrogens is 350 g/mol. The number of amidine groups is 1. The van der Waals surface area contributed by atoms with E-state index in [0.29, 0.717) is 12.4 Å². The van der Waals surface area contributed by atoms with Gasteiger partial charge in [0.25, 0.3) is 0 Å². The molecule has 0 saturated carbocycles. The third kappa shape index (κ3) is 3.60. The van der Waals surface area contributed by atoms with Crippen LogP contribution in [0.25, 0.3) is 0 Å². The zero-order chi connectivity index (χ0) is 19.3. The van der Waals surface area contributed by atoms with Crippen LogP contribution in [0.4, 0.5) is 5.69 Å². The van der Waals surface area contributed by atoms with E-state index in [2.05, 4.69) is 10.5 Å². The smallest absolute Gasteiger partial charge is 0.154 e. The normalized spacial score (nSPS) is 12.8. The quantitative estimate of drug-likeness (QED) is 0.717. The molecule has 0 amide bonds. The molecule has 0 spiro atoms. The van der Waals surface area contributed by atoms with Gasteiger partial charge in [-0.1, -0.05) is 18.2 Å². The van der Waals surface area contributed by atoms with Crippen molar-refractivity contribution >= 4 is 17.2 Å². The van der Waals surface area contributed by atoms with Crippen molar-refractivity contribution in [1.29, 1.82) is 0 Å². The topological polar surface area (TPSA) is 55.2 Å². The van der Waals surface area contributed by atoms with Gasteiger partial charge in [-0.3, -0.25) is 5.43 Å². The fourth-order valence-electron chi connectivity index (χ4n) is 3.06. The third-order valence-electron chi connectivity index (χ3n) is 4.47. The Bertz CT molecular complexity index is 1020. The summed E-state index contributed by atoms with van der Waals surface area (Å²) in [6.45, 7) is 2.62. The lowest BCUT2D eigenvalue weighted by atomic mass is 10.0. The predicted molar refractivity (Wildman–Crippen MR) is 112 cm³/mol. The minimum atomic E-state index is 0.643. The van der Waals surface area contributed by atoms with Gasteiger partial charge in [0.05, 0.1) is 25.1 Å². The molecule has 140 valence electrons. The molecule has 0 bridgehead atoms. The van der Waals surface area contributed by atoms with Gasteiger partial charge in [-0.25, -0.2) is 4.99 Å². The SMILES string of the molecule is CCOc1ccc(C2=NNC(c3ccc(OC)cc3)=Nc3ccccc32)cc1. The number of hydrogen-bond acceptors (Lipinski definition) is 5. The van der Waals surface area contributed by atoms with Gasteiger partial charge < -0.3 is 9.47 Å². The van der Waals surface area contributed by atoms with Crippen LogP contribution < -0.4 is 14.9 Å². The maximum absolute atomic E-state index is 5.55. The Labute approximate surface area is 164 Å². The number of hydrogen-bond donors (Lipinski definition) is 1. The lowest BCUT2D eigenvalue weighted by molar-refractivity contribution is 0.340. The summed E-state index contributed by atoms with van der Waals surface area (Å²) in [6, 6.07) is 23.7. The molecule has 0 radical (unpaired) electrons. The highest BCUT2D eigenvalue weighted by molar-refractivity contribution is 6.18. The molecule has 3 aromatic rings. The van der Waals surface area contributed by atoms with Gasteiger partial charge in [-0.15, -0.1) is 0 Å². The second-order valence-electron chi connectivity index (χ2n) is 6.24. The van der Waals surface area contributed by atoms with E-state index in [0.717, 1.165) is 39.6 Å². The molecular formula is C23H21N3O2. The number of ether oxygens (including phenoxy) is 2. The van der Waals surface area contributed by atoms with E-state index < -0.39 is 0 Å². The maximum atomic E-state index is 5.55. The summed E-state index contributed by atoms with van der Waals surface area (Å²) < 4.78 is 10.8. The third-order valence-corrected chi connectivity index (χ3v) is 4.47. The van der Waals surface area contributed by atoms with E-state index in [1.165, 1.54) is 0 Å². The van der Waals surface area contributed by atoms with Gasteiger partial charge in [0.1, 0.15) is 11.5 Å². The molecule has 5 heteroatoms. The lowest BCUT2D eigenvalue weighted by Crippen LogP contribution is -2.19. The van der Waals surface area contributed by atoms with Gasteiger partial charge >= 0.3 is 0 Å². The molecule has 4 rings (SSSR count). The second kappa shape index (κ2) is 7.96. The van der Waals surface area contributed by atoms with E-state index in [1.807, 2.05) is 79.7 Å². The Morgan fingerprint density at radius 1 is 0.821 bits per heavy atom. The first-order chi connectivity index (χ1) is 13.8. The molecule has 3 aromatic carbocycles. The Morgan fingerprint density at radius 2 is 1.50 bits per heavy atom. The molecule has 0 unspecified atom stereocenters. The number of fused-ring (bicyclic) bond motifs is 1. The average Bonchev–Trinajstić information content (AvgIpc) is 2.94. The number of para-hydroxylation sites is 1. The van der Waals surface area contributed by atoms with E-state index in [-0.39, 0.29) is 0 Å². The fraction of sp³-hybridized carbons (Fsp3) is 0.130. The van der Waals surface area contributed by atoms with Crippen molar-refractivity contribution in [2.75, 3.05) is 13.7 Å². The molecule has 0 atom stereocenters. The lowest BCUT2D eigenvalue weighted by Gasteiger charge is -2.09. The fourth-order valence-corrected chi connectivity index (χ4v) is 3.06. The van der Waals surface area contributed by atoms with Gasteiger partial charge in [0.15, 0.2) is 5.84 Å². The summed E-state index contributed by atoms with van der Waals surface area (Å²) in [6.07, 6.45) is 0. The molecule has 1 N–H and O–H groups in total. The summed E-state index contributed by atoms with van der Waals surface area (Å²) in [7, 11) is 1.65. The van der Waals surface area contributed by atoms with Crippen molar-refractivity contribution in [2.45, 2.75) is 6.92 Å². The minimum absolute atomic E-state index is 0.643. The molecule has 0 aromatic heterocycles. The summed E-state index contributed by atoms with van der Waals surface area (Å²) in [5.74, 6) is 2.34. The summed E-state index contributed by atoms with van der Waals surface area (Å²) in [5.41, 5.74) is 7.75. The first-order valence-corrected chi connectivity index (χ1v) is 9.18. The molecule has 0 aliphatic carbocycles. The van der Waals surface area contributed by atoms with Gasteiger partial charge in [0, 0.05) is 16.7 Å². The number of aliphatic imine (C=N–C) groups is 1. The van der Waals surface area contributed by atoms with Crippen LogP contribution in [0.2, 0.25) is 0 Å². The Balaban J connectivity index is 1.73. The van der Waals surface area contributed by atoms with Gasteiger partial charge in [-0.2, -0.15) is 5.10 Å². The van der Waals surface area contributed by atoms with Crippen molar-refractivity contribution < 1.29 is 9.47 Å². The van der Waals surface area contributed by atoms with Crippen LogP contribution in [0.15, 0.2) is 82.9 Å². The Kier molecular flexibility index (Phi) is 5.06. The number of benzene rings is 3. The van der Waals surface area contributed by atoms with Gasteiger partial charge in [-0.05, 0) is 61.5 Å². The van der Waals surface area contributed by atoms with Crippen molar-refractivity contribution in [2.24, 2.45) is 10.1 Å². The van der Waals surface area contributed by atoms with Crippen LogP contribution in [0.1, 0.15) is 23.6 Å². The van der Waals surface area contributed by atoms with Crippen LogP contribution in [0.5, 0.6) is 11.5 Å². The van der Waals surface area contributed by atoms with E-state index in [9.17, 15) is 0 Å². The molecule has 0 fully saturated rings. The largest absolute Gasteiger partial charge is 0.497 e. The molecule has 1 aliphatic rings. The Hall–Kier alpha value is -3.60. The number of methoxy groups -OCH3 is 1. The number of hydrazone groups is 1. The maximum Gasteiger partial charge on any atom is 0.154 e. The molecule has 0 saturated heterocycles. The number of nitrogens with one attached hydrogen (secondary N) is 1. The first kappa shape index (κ1) is 17.8. The van der Waals surface area contributed by atoms with Crippen LogP contribution in [-0.4, -0.2) is 25.3 Å². The first-order valence-electron chi connectivity index (χ1n) is 9.18. The second-order valence-corrected chi connectivity index (χ2v) is 6.24. The molecule has 1 heterocycles. The number of rotatable bonds is 5. The summed E-state index contributed by atoms with van der Waals surface area (Å²) in [4.78, 5) is 4.81. The van der Waals surface area contributed by atoms with Crippen LogP contribution >= 0.6 is 0 Å². The van der Waals surface area contributed by atoms with E-state index >= 15 is 0 Å². The van der Waals surface area contributed by atoms with E-state index in [1.54, 1.807) is 7.11 Å². The minimum Gasteiger partial charge on any atom is -0.497 e. The zero-order valence-corrected chi connectivity index (χ0v) is 15.8. The van der Waals surface area contributed by atoms with Crippen molar-refractivity contribution in [1.82, 2.24) is 5.43 Å². The molecule has 28 heavy (non-hydrogen) atoms. The highest BCUT2D eigenvalue weighted by Gasteiger charge is 2.17. The average molecular weight is 371 g/mol. The van der Waals surface area contributed by atoms with Gasteiger partial charge in [0.2, 0.25) is 0 Å². The molecule has 1 aliphatic heterocycles. The van der Waals surface area contributed by atoms with Crippen LogP contribution in [0, 0.1) is 0 Å². The van der Waals surface area contributed by atoms with Crippen LogP contribution in [-0.2, 0) is 0 Å². The highest BCUT2D eigenvalue weighted by Crippen LogP contribution is 2.26.